The summed E-state index contributed by atoms with van der Waals surface area (Å²) in [5.74, 6) is 1.77. The topological polar surface area (TPSA) is 70.8 Å². The molecular formula is C12H17N5O. The van der Waals surface area contributed by atoms with Crippen LogP contribution in [0.25, 0.3) is 0 Å². The van der Waals surface area contributed by atoms with Crippen LogP contribution in [0.5, 0.6) is 0 Å². The van der Waals surface area contributed by atoms with Gasteiger partial charge in [-0.3, -0.25) is 10.00 Å². The van der Waals surface area contributed by atoms with Gasteiger partial charge in [0.2, 0.25) is 0 Å². The van der Waals surface area contributed by atoms with Gasteiger partial charge in [0.1, 0.15) is 12.1 Å². The molecule has 1 fully saturated rings. The lowest BCUT2D eigenvalue weighted by Gasteiger charge is -2.33. The molecule has 3 heterocycles. The summed E-state index contributed by atoms with van der Waals surface area (Å²) in [6.07, 6.45) is 5.17. The highest BCUT2D eigenvalue weighted by Gasteiger charge is 2.27. The van der Waals surface area contributed by atoms with Crippen LogP contribution in [-0.2, 0) is 6.54 Å². The van der Waals surface area contributed by atoms with Crippen molar-refractivity contribution >= 4 is 0 Å². The Morgan fingerprint density at radius 1 is 1.50 bits per heavy atom. The molecule has 3 rings (SSSR count). The molecule has 18 heavy (non-hydrogen) atoms. The molecule has 0 aliphatic carbocycles. The second-order valence-electron chi connectivity index (χ2n) is 4.75. The number of nitrogens with zero attached hydrogens (tertiary/aromatic N) is 4. The molecule has 1 saturated heterocycles. The number of hydrogen-bond donors (Lipinski definition) is 1. The predicted octanol–water partition coefficient (Wildman–Crippen LogP) is 1.83. The van der Waals surface area contributed by atoms with E-state index in [-0.39, 0.29) is 0 Å². The van der Waals surface area contributed by atoms with E-state index in [2.05, 4.69) is 25.2 Å². The van der Waals surface area contributed by atoms with Crippen molar-refractivity contribution in [1.82, 2.24) is 25.2 Å². The van der Waals surface area contributed by atoms with Gasteiger partial charge in [-0.15, -0.1) is 0 Å². The number of aryl methyl sites for hydroxylation is 1. The van der Waals surface area contributed by atoms with Crippen LogP contribution in [0.4, 0.5) is 0 Å². The number of nitrogens with one attached hydrogen (secondary N) is 1. The molecule has 0 radical (unpaired) electrons. The Balaban J connectivity index is 1.77. The van der Waals surface area contributed by atoms with Gasteiger partial charge in [0.25, 0.3) is 0 Å². The molecule has 1 aliphatic rings. The van der Waals surface area contributed by atoms with E-state index in [0.717, 1.165) is 36.9 Å². The quantitative estimate of drug-likeness (QED) is 0.896. The molecule has 0 saturated carbocycles. The zero-order valence-electron chi connectivity index (χ0n) is 10.5. The number of rotatable bonds is 3. The third-order valence-corrected chi connectivity index (χ3v) is 3.38. The zero-order valence-corrected chi connectivity index (χ0v) is 10.5. The Hall–Kier alpha value is -1.69. The van der Waals surface area contributed by atoms with E-state index in [1.54, 1.807) is 6.26 Å². The third-order valence-electron chi connectivity index (χ3n) is 3.38. The summed E-state index contributed by atoms with van der Waals surface area (Å²) in [7, 11) is 0. The average molecular weight is 247 g/mol. The molecule has 0 aromatic carbocycles. The van der Waals surface area contributed by atoms with Crippen LogP contribution >= 0.6 is 0 Å². The fourth-order valence-electron chi connectivity index (χ4n) is 2.51. The fourth-order valence-corrected chi connectivity index (χ4v) is 2.51. The first kappa shape index (κ1) is 11.4. The molecule has 6 nitrogen and oxygen atoms in total. The predicted molar refractivity (Wildman–Crippen MR) is 64.6 cm³/mol. The Morgan fingerprint density at radius 2 is 2.44 bits per heavy atom. The number of aromatic nitrogens is 4. The molecule has 1 atom stereocenters. The van der Waals surface area contributed by atoms with Crippen molar-refractivity contribution in [2.45, 2.75) is 38.8 Å². The van der Waals surface area contributed by atoms with E-state index in [4.69, 9.17) is 4.52 Å². The van der Waals surface area contributed by atoms with Crippen molar-refractivity contribution < 1.29 is 4.52 Å². The van der Waals surface area contributed by atoms with E-state index in [1.807, 2.05) is 13.0 Å². The smallest absolute Gasteiger partial charge is 0.167 e. The van der Waals surface area contributed by atoms with Crippen LogP contribution in [0.3, 0.4) is 0 Å². The molecule has 1 aliphatic heterocycles. The first-order chi connectivity index (χ1) is 8.83. The SMILES string of the molecule is Cc1nc([C@@H]2CCCCN2Cc2ccon2)n[nH]1. The van der Waals surface area contributed by atoms with Crippen LogP contribution in [0.2, 0.25) is 0 Å². The van der Waals surface area contributed by atoms with Crippen molar-refractivity contribution in [2.24, 2.45) is 0 Å². The maximum atomic E-state index is 4.89. The molecule has 2 aromatic heterocycles. The van der Waals surface area contributed by atoms with Gasteiger partial charge in [-0.05, 0) is 26.3 Å². The first-order valence-corrected chi connectivity index (χ1v) is 6.35. The average Bonchev–Trinajstić information content (AvgIpc) is 3.02. The zero-order chi connectivity index (χ0) is 12.4. The van der Waals surface area contributed by atoms with Gasteiger partial charge in [-0.25, -0.2) is 4.98 Å². The van der Waals surface area contributed by atoms with Gasteiger partial charge in [0.15, 0.2) is 5.82 Å². The summed E-state index contributed by atoms with van der Waals surface area (Å²) < 4.78 is 4.89. The van der Waals surface area contributed by atoms with Gasteiger partial charge in [-0.2, -0.15) is 5.10 Å². The Morgan fingerprint density at radius 3 is 3.17 bits per heavy atom. The molecule has 1 N–H and O–H groups in total. The van der Waals surface area contributed by atoms with Gasteiger partial charge in [0, 0.05) is 12.6 Å². The maximum absolute atomic E-state index is 4.89. The molecule has 0 unspecified atom stereocenters. The first-order valence-electron chi connectivity index (χ1n) is 6.35. The lowest BCUT2D eigenvalue weighted by atomic mass is 10.0. The van der Waals surface area contributed by atoms with Crippen molar-refractivity contribution in [2.75, 3.05) is 6.54 Å². The summed E-state index contributed by atoms with van der Waals surface area (Å²) >= 11 is 0. The largest absolute Gasteiger partial charge is 0.364 e. The summed E-state index contributed by atoms with van der Waals surface area (Å²) in [5, 5.41) is 11.2. The van der Waals surface area contributed by atoms with Crippen molar-refractivity contribution in [3.63, 3.8) is 0 Å². The van der Waals surface area contributed by atoms with Crippen LogP contribution in [0.1, 0.15) is 42.6 Å². The molecule has 0 bridgehead atoms. The minimum absolute atomic E-state index is 0.292. The van der Waals surface area contributed by atoms with E-state index in [1.165, 1.54) is 12.8 Å². The molecule has 6 heteroatoms. The number of aromatic amines is 1. The van der Waals surface area contributed by atoms with Gasteiger partial charge in [-0.1, -0.05) is 11.6 Å². The van der Waals surface area contributed by atoms with Gasteiger partial charge >= 0.3 is 0 Å². The van der Waals surface area contributed by atoms with Crippen LogP contribution < -0.4 is 0 Å². The standard InChI is InChI=1S/C12H17N5O/c1-9-13-12(15-14-9)11-4-2-3-6-17(11)8-10-5-7-18-16-10/h5,7,11H,2-4,6,8H2,1H3,(H,13,14,15)/t11-/m0/s1. The highest BCUT2D eigenvalue weighted by molar-refractivity contribution is 5.01. The maximum Gasteiger partial charge on any atom is 0.167 e. The number of hydrogen-bond acceptors (Lipinski definition) is 5. The monoisotopic (exact) mass is 247 g/mol. The van der Waals surface area contributed by atoms with E-state index in [0.29, 0.717) is 6.04 Å². The van der Waals surface area contributed by atoms with Crippen molar-refractivity contribution in [3.8, 4) is 0 Å². The Kier molecular flexibility index (Phi) is 3.10. The highest BCUT2D eigenvalue weighted by Crippen LogP contribution is 2.29. The molecule has 2 aromatic rings. The number of H-pyrrole nitrogens is 1. The van der Waals surface area contributed by atoms with Crippen molar-refractivity contribution in [1.29, 1.82) is 0 Å². The van der Waals surface area contributed by atoms with Gasteiger partial charge < -0.3 is 4.52 Å². The third kappa shape index (κ3) is 2.28. The molecule has 0 spiro atoms. The Labute approximate surface area is 105 Å². The normalized spacial score (nSPS) is 21.3. The lowest BCUT2D eigenvalue weighted by Crippen LogP contribution is -2.33. The lowest BCUT2D eigenvalue weighted by molar-refractivity contribution is 0.130. The van der Waals surface area contributed by atoms with E-state index in [9.17, 15) is 0 Å². The van der Waals surface area contributed by atoms with Crippen LogP contribution in [0, 0.1) is 6.92 Å². The fraction of sp³-hybridized carbons (Fsp3) is 0.583. The highest BCUT2D eigenvalue weighted by atomic mass is 16.5. The minimum atomic E-state index is 0.292. The van der Waals surface area contributed by atoms with Crippen LogP contribution in [0.15, 0.2) is 16.9 Å². The van der Waals surface area contributed by atoms with Crippen molar-refractivity contribution in [3.05, 3.63) is 29.7 Å². The van der Waals surface area contributed by atoms with Gasteiger partial charge in [0.05, 0.1) is 11.7 Å². The Bertz CT molecular complexity index is 492. The number of piperidine rings is 1. The minimum Gasteiger partial charge on any atom is -0.364 e. The molecular weight excluding hydrogens is 230 g/mol. The molecule has 0 amide bonds. The second kappa shape index (κ2) is 4.89. The number of likely N-dealkylation sites (tertiary alicyclic amines) is 1. The van der Waals surface area contributed by atoms with E-state index < -0.39 is 0 Å². The van der Waals surface area contributed by atoms with E-state index >= 15 is 0 Å². The summed E-state index contributed by atoms with van der Waals surface area (Å²) in [6.45, 7) is 3.79. The summed E-state index contributed by atoms with van der Waals surface area (Å²) in [4.78, 5) is 6.84. The van der Waals surface area contributed by atoms with Crippen LogP contribution in [-0.4, -0.2) is 31.8 Å². The molecule has 96 valence electrons. The summed E-state index contributed by atoms with van der Waals surface area (Å²) in [6, 6.07) is 2.20. The summed E-state index contributed by atoms with van der Waals surface area (Å²) in [5.41, 5.74) is 0.967. The second-order valence-corrected chi connectivity index (χ2v) is 4.75.